The molecule has 0 saturated heterocycles. The van der Waals surface area contributed by atoms with E-state index in [-0.39, 0.29) is 0 Å². The van der Waals surface area contributed by atoms with Crippen LogP contribution >= 0.6 is 0 Å². The van der Waals surface area contributed by atoms with Crippen molar-refractivity contribution in [2.45, 2.75) is 32.2 Å². The van der Waals surface area contributed by atoms with Gasteiger partial charge in [-0.2, -0.15) is 0 Å². The third kappa shape index (κ3) is 9.34. The molecule has 0 fully saturated rings. The molecule has 0 radical (unpaired) electrons. The van der Waals surface area contributed by atoms with E-state index < -0.39 is 10.0 Å². The van der Waals surface area contributed by atoms with Gasteiger partial charge in [0.2, 0.25) is 10.0 Å². The zero-order valence-electron chi connectivity index (χ0n) is 12.4. The molecule has 116 valence electrons. The van der Waals surface area contributed by atoms with Crippen LogP contribution in [0.5, 0.6) is 0 Å². The van der Waals surface area contributed by atoms with Crippen LogP contribution in [0.15, 0.2) is 0 Å². The van der Waals surface area contributed by atoms with E-state index in [9.17, 15) is 8.42 Å². The molecular weight excluding hydrogens is 266 g/mol. The number of nitrogens with one attached hydrogen (secondary N) is 1. The first-order valence-corrected chi connectivity index (χ1v) is 8.68. The normalized spacial score (nSPS) is 13.9. The van der Waals surface area contributed by atoms with Gasteiger partial charge in [0.1, 0.15) is 0 Å². The zero-order chi connectivity index (χ0) is 14.7. The lowest BCUT2D eigenvalue weighted by atomic mass is 10.1. The first kappa shape index (κ1) is 18.8. The summed E-state index contributed by atoms with van der Waals surface area (Å²) in [7, 11) is -1.40. The standard InChI is InChI=1S/C12H29N3O3S/c1-4-15(19(3,16)17)10-6-9-14-12(11-18-2)7-5-8-13/h12,14H,4-11,13H2,1-3H3. The van der Waals surface area contributed by atoms with E-state index in [4.69, 9.17) is 10.5 Å². The Balaban J connectivity index is 3.91. The Hall–Kier alpha value is -0.210. The highest BCUT2D eigenvalue weighted by atomic mass is 32.2. The molecule has 0 amide bonds. The van der Waals surface area contributed by atoms with E-state index in [2.05, 4.69) is 5.32 Å². The number of nitrogens with two attached hydrogens (primary N) is 1. The van der Waals surface area contributed by atoms with Crippen LogP contribution in [0, 0.1) is 0 Å². The van der Waals surface area contributed by atoms with Crippen molar-refractivity contribution in [3.8, 4) is 0 Å². The predicted octanol–water partition coefficient (Wildman–Crippen LogP) is 0.00150. The molecule has 0 aliphatic rings. The number of nitrogens with zero attached hydrogens (tertiary/aromatic N) is 1. The summed E-state index contributed by atoms with van der Waals surface area (Å²) in [4.78, 5) is 0. The molecule has 1 unspecified atom stereocenters. The molecule has 0 heterocycles. The zero-order valence-corrected chi connectivity index (χ0v) is 13.2. The Morgan fingerprint density at radius 3 is 2.53 bits per heavy atom. The van der Waals surface area contributed by atoms with Crippen molar-refractivity contribution < 1.29 is 13.2 Å². The largest absolute Gasteiger partial charge is 0.383 e. The van der Waals surface area contributed by atoms with Crippen molar-refractivity contribution in [3.63, 3.8) is 0 Å². The van der Waals surface area contributed by atoms with E-state index in [0.29, 0.717) is 32.3 Å². The van der Waals surface area contributed by atoms with Crippen LogP contribution in [0.25, 0.3) is 0 Å². The first-order valence-electron chi connectivity index (χ1n) is 6.83. The van der Waals surface area contributed by atoms with E-state index in [1.165, 1.54) is 10.6 Å². The maximum absolute atomic E-state index is 11.4. The van der Waals surface area contributed by atoms with Gasteiger partial charge in [-0.15, -0.1) is 0 Å². The third-order valence-corrected chi connectivity index (χ3v) is 4.34. The van der Waals surface area contributed by atoms with Crippen LogP contribution in [-0.2, 0) is 14.8 Å². The Labute approximate surface area is 117 Å². The summed E-state index contributed by atoms with van der Waals surface area (Å²) in [5, 5.41) is 3.38. The number of sulfonamides is 1. The van der Waals surface area contributed by atoms with Gasteiger partial charge in [0, 0.05) is 26.2 Å². The third-order valence-electron chi connectivity index (χ3n) is 2.96. The average Bonchev–Trinajstić information content (AvgIpc) is 2.34. The van der Waals surface area contributed by atoms with Gasteiger partial charge in [-0.3, -0.25) is 0 Å². The second-order valence-electron chi connectivity index (χ2n) is 4.65. The van der Waals surface area contributed by atoms with Crippen molar-refractivity contribution in [2.24, 2.45) is 5.73 Å². The van der Waals surface area contributed by atoms with Gasteiger partial charge in [-0.25, -0.2) is 12.7 Å². The fourth-order valence-corrected chi connectivity index (χ4v) is 2.86. The van der Waals surface area contributed by atoms with Gasteiger partial charge in [0.05, 0.1) is 12.9 Å². The first-order chi connectivity index (χ1) is 8.95. The van der Waals surface area contributed by atoms with Gasteiger partial charge < -0.3 is 15.8 Å². The Morgan fingerprint density at radius 2 is 2.05 bits per heavy atom. The molecule has 0 aromatic rings. The summed E-state index contributed by atoms with van der Waals surface area (Å²) < 4.78 is 29.4. The van der Waals surface area contributed by atoms with Crippen molar-refractivity contribution in [2.75, 3.05) is 46.2 Å². The molecule has 0 saturated carbocycles. The number of hydrogen-bond donors (Lipinski definition) is 2. The molecule has 0 aromatic carbocycles. The Bertz CT molecular complexity index is 309. The predicted molar refractivity (Wildman–Crippen MR) is 78.7 cm³/mol. The number of ether oxygens (including phenoxy) is 1. The topological polar surface area (TPSA) is 84.7 Å². The number of rotatable bonds is 12. The summed E-state index contributed by atoms with van der Waals surface area (Å²) >= 11 is 0. The second kappa shape index (κ2) is 10.6. The summed E-state index contributed by atoms with van der Waals surface area (Å²) in [5.41, 5.74) is 5.49. The maximum Gasteiger partial charge on any atom is 0.211 e. The molecule has 19 heavy (non-hydrogen) atoms. The lowest BCUT2D eigenvalue weighted by molar-refractivity contribution is 0.161. The van der Waals surface area contributed by atoms with Gasteiger partial charge in [-0.1, -0.05) is 6.92 Å². The van der Waals surface area contributed by atoms with E-state index in [0.717, 1.165) is 25.8 Å². The second-order valence-corrected chi connectivity index (χ2v) is 6.63. The molecular formula is C12H29N3O3S. The van der Waals surface area contributed by atoms with E-state index >= 15 is 0 Å². The lowest BCUT2D eigenvalue weighted by Crippen LogP contribution is -2.37. The molecule has 0 spiro atoms. The summed E-state index contributed by atoms with van der Waals surface area (Å²) in [6.07, 6.45) is 3.99. The number of hydrogen-bond acceptors (Lipinski definition) is 5. The highest BCUT2D eigenvalue weighted by Crippen LogP contribution is 2.00. The number of methoxy groups -OCH3 is 1. The molecule has 1 atom stereocenters. The van der Waals surface area contributed by atoms with Crippen molar-refractivity contribution in [1.29, 1.82) is 0 Å². The van der Waals surface area contributed by atoms with Gasteiger partial charge >= 0.3 is 0 Å². The minimum atomic E-state index is -3.08. The monoisotopic (exact) mass is 295 g/mol. The van der Waals surface area contributed by atoms with Gasteiger partial charge in [-0.05, 0) is 32.4 Å². The van der Waals surface area contributed by atoms with Crippen molar-refractivity contribution in [3.05, 3.63) is 0 Å². The molecule has 7 heteroatoms. The SMILES string of the molecule is CCN(CCCNC(CCCN)COC)S(C)(=O)=O. The molecule has 0 bridgehead atoms. The summed E-state index contributed by atoms with van der Waals surface area (Å²) in [6.45, 7) is 5.05. The minimum absolute atomic E-state index is 0.293. The van der Waals surface area contributed by atoms with E-state index in [1.54, 1.807) is 7.11 Å². The Kier molecular flexibility index (Phi) is 10.4. The molecule has 0 rings (SSSR count). The summed E-state index contributed by atoms with van der Waals surface area (Å²) in [5.74, 6) is 0. The smallest absolute Gasteiger partial charge is 0.211 e. The van der Waals surface area contributed by atoms with Crippen LogP contribution in [-0.4, -0.2) is 64.9 Å². The highest BCUT2D eigenvalue weighted by Gasteiger charge is 2.13. The van der Waals surface area contributed by atoms with Gasteiger partial charge in [0.25, 0.3) is 0 Å². The molecule has 3 N–H and O–H groups in total. The fraction of sp³-hybridized carbons (Fsp3) is 1.00. The fourth-order valence-electron chi connectivity index (χ4n) is 1.93. The average molecular weight is 295 g/mol. The highest BCUT2D eigenvalue weighted by molar-refractivity contribution is 7.88. The lowest BCUT2D eigenvalue weighted by Gasteiger charge is -2.20. The maximum atomic E-state index is 11.4. The van der Waals surface area contributed by atoms with Crippen LogP contribution in [0.1, 0.15) is 26.2 Å². The Morgan fingerprint density at radius 1 is 1.37 bits per heavy atom. The van der Waals surface area contributed by atoms with Gasteiger partial charge in [0.15, 0.2) is 0 Å². The summed E-state index contributed by atoms with van der Waals surface area (Å²) in [6, 6.07) is 0.293. The van der Waals surface area contributed by atoms with Crippen LogP contribution in [0.2, 0.25) is 0 Å². The molecule has 0 aliphatic heterocycles. The van der Waals surface area contributed by atoms with Crippen LogP contribution in [0.4, 0.5) is 0 Å². The van der Waals surface area contributed by atoms with Crippen molar-refractivity contribution >= 4 is 10.0 Å². The van der Waals surface area contributed by atoms with Crippen LogP contribution in [0.3, 0.4) is 0 Å². The van der Waals surface area contributed by atoms with Crippen LogP contribution < -0.4 is 11.1 Å². The quantitative estimate of drug-likeness (QED) is 0.495. The van der Waals surface area contributed by atoms with Crippen molar-refractivity contribution in [1.82, 2.24) is 9.62 Å². The van der Waals surface area contributed by atoms with E-state index in [1.807, 2.05) is 6.92 Å². The minimum Gasteiger partial charge on any atom is -0.383 e. The molecule has 0 aliphatic carbocycles. The molecule has 0 aromatic heterocycles. The molecule has 6 nitrogen and oxygen atoms in total.